The van der Waals surface area contributed by atoms with E-state index in [-0.39, 0.29) is 16.8 Å². The maximum absolute atomic E-state index is 12.9. The predicted molar refractivity (Wildman–Crippen MR) is 110 cm³/mol. The average molecular weight is 400 g/mol. The molecule has 2 nitrogen and oxygen atoms in total. The highest BCUT2D eigenvalue weighted by molar-refractivity contribution is 7.80. The summed E-state index contributed by atoms with van der Waals surface area (Å²) in [7, 11) is 0. The summed E-state index contributed by atoms with van der Waals surface area (Å²) in [6, 6.07) is 22.5. The second-order valence-electron chi connectivity index (χ2n) is 6.43. The van der Waals surface area contributed by atoms with Crippen molar-refractivity contribution < 1.29 is 13.2 Å². The SMILES string of the molecule is Cc1cccc(C(NC(=S)Nc2cccc(C(F)(F)F)c2)c2ccccc2)c1. The molecule has 28 heavy (non-hydrogen) atoms. The highest BCUT2D eigenvalue weighted by Gasteiger charge is 2.30. The zero-order valence-corrected chi connectivity index (χ0v) is 15.9. The van der Waals surface area contributed by atoms with E-state index in [1.165, 1.54) is 6.07 Å². The first-order valence-electron chi connectivity index (χ1n) is 8.69. The Labute approximate surface area is 167 Å². The summed E-state index contributed by atoms with van der Waals surface area (Å²) in [5.41, 5.74) is 2.68. The molecule has 0 heterocycles. The van der Waals surface area contributed by atoms with Gasteiger partial charge in [0.1, 0.15) is 0 Å². The van der Waals surface area contributed by atoms with Crippen LogP contribution in [0, 0.1) is 6.92 Å². The molecule has 0 bridgehead atoms. The van der Waals surface area contributed by atoms with Crippen LogP contribution >= 0.6 is 12.2 Å². The number of anilines is 1. The van der Waals surface area contributed by atoms with Gasteiger partial charge >= 0.3 is 6.18 Å². The van der Waals surface area contributed by atoms with Crippen LogP contribution in [0.1, 0.15) is 28.3 Å². The molecule has 6 heteroatoms. The fourth-order valence-electron chi connectivity index (χ4n) is 2.93. The highest BCUT2D eigenvalue weighted by atomic mass is 32.1. The van der Waals surface area contributed by atoms with E-state index in [1.807, 2.05) is 55.5 Å². The normalized spacial score (nSPS) is 12.3. The fourth-order valence-corrected chi connectivity index (χ4v) is 3.16. The maximum atomic E-state index is 12.9. The third kappa shape index (κ3) is 5.10. The van der Waals surface area contributed by atoms with Gasteiger partial charge in [-0.25, -0.2) is 0 Å². The molecule has 0 aliphatic heterocycles. The molecule has 0 amide bonds. The second kappa shape index (κ2) is 8.44. The molecule has 0 aliphatic rings. The Morgan fingerprint density at radius 1 is 0.857 bits per heavy atom. The minimum absolute atomic E-state index is 0.230. The molecule has 0 saturated heterocycles. The maximum Gasteiger partial charge on any atom is 0.416 e. The zero-order valence-electron chi connectivity index (χ0n) is 15.1. The molecular weight excluding hydrogens is 381 g/mol. The Morgan fingerprint density at radius 2 is 1.54 bits per heavy atom. The molecule has 0 aromatic heterocycles. The van der Waals surface area contributed by atoms with Gasteiger partial charge in [0, 0.05) is 5.69 Å². The third-order valence-corrected chi connectivity index (χ3v) is 4.45. The van der Waals surface area contributed by atoms with Gasteiger partial charge in [-0.05, 0) is 48.5 Å². The summed E-state index contributed by atoms with van der Waals surface area (Å²) in [5.74, 6) is 0. The smallest absolute Gasteiger partial charge is 0.352 e. The topological polar surface area (TPSA) is 24.1 Å². The molecule has 0 aliphatic carbocycles. The molecule has 3 rings (SSSR count). The van der Waals surface area contributed by atoms with Gasteiger partial charge in [0.05, 0.1) is 11.6 Å². The largest absolute Gasteiger partial charge is 0.416 e. The van der Waals surface area contributed by atoms with Crippen molar-refractivity contribution in [1.82, 2.24) is 5.32 Å². The van der Waals surface area contributed by atoms with Gasteiger partial charge in [0.2, 0.25) is 0 Å². The lowest BCUT2D eigenvalue weighted by Crippen LogP contribution is -2.33. The second-order valence-corrected chi connectivity index (χ2v) is 6.84. The first-order chi connectivity index (χ1) is 13.3. The van der Waals surface area contributed by atoms with Crippen LogP contribution in [0.2, 0.25) is 0 Å². The van der Waals surface area contributed by atoms with Crippen molar-refractivity contribution in [2.75, 3.05) is 5.32 Å². The van der Waals surface area contributed by atoms with Crippen molar-refractivity contribution in [2.24, 2.45) is 0 Å². The Bertz CT molecular complexity index is 955. The Kier molecular flexibility index (Phi) is 5.99. The van der Waals surface area contributed by atoms with E-state index in [4.69, 9.17) is 12.2 Å². The molecule has 3 aromatic carbocycles. The molecule has 1 atom stereocenters. The third-order valence-electron chi connectivity index (χ3n) is 4.23. The predicted octanol–water partition coefficient (Wildman–Crippen LogP) is 6.09. The number of alkyl halides is 3. The van der Waals surface area contributed by atoms with Crippen molar-refractivity contribution in [1.29, 1.82) is 0 Å². The monoisotopic (exact) mass is 400 g/mol. The van der Waals surface area contributed by atoms with E-state index in [9.17, 15) is 13.2 Å². The van der Waals surface area contributed by atoms with Crippen LogP contribution in [0.25, 0.3) is 0 Å². The summed E-state index contributed by atoms with van der Waals surface area (Å²) in [4.78, 5) is 0. The van der Waals surface area contributed by atoms with Gasteiger partial charge < -0.3 is 10.6 Å². The summed E-state index contributed by atoms with van der Waals surface area (Å²) in [5, 5.41) is 6.33. The lowest BCUT2D eigenvalue weighted by Gasteiger charge is -2.22. The molecule has 3 aromatic rings. The van der Waals surface area contributed by atoms with Crippen LogP contribution in [0.3, 0.4) is 0 Å². The van der Waals surface area contributed by atoms with E-state index in [0.717, 1.165) is 28.8 Å². The number of hydrogen-bond donors (Lipinski definition) is 2. The van der Waals surface area contributed by atoms with Gasteiger partial charge in [-0.15, -0.1) is 0 Å². The highest BCUT2D eigenvalue weighted by Crippen LogP contribution is 2.30. The Morgan fingerprint density at radius 3 is 2.21 bits per heavy atom. The van der Waals surface area contributed by atoms with Crippen molar-refractivity contribution in [3.63, 3.8) is 0 Å². The van der Waals surface area contributed by atoms with Crippen LogP contribution < -0.4 is 10.6 Å². The van der Waals surface area contributed by atoms with Crippen LogP contribution in [0.5, 0.6) is 0 Å². The minimum atomic E-state index is -4.40. The molecule has 144 valence electrons. The zero-order chi connectivity index (χ0) is 20.1. The van der Waals surface area contributed by atoms with E-state index >= 15 is 0 Å². The van der Waals surface area contributed by atoms with Crippen LogP contribution in [0.15, 0.2) is 78.9 Å². The van der Waals surface area contributed by atoms with Crippen molar-refractivity contribution >= 4 is 23.0 Å². The number of thiocarbonyl (C=S) groups is 1. The molecule has 0 fully saturated rings. The molecule has 1 unspecified atom stereocenters. The molecule has 2 N–H and O–H groups in total. The molecule has 0 saturated carbocycles. The minimum Gasteiger partial charge on any atom is -0.352 e. The number of halogens is 3. The van der Waals surface area contributed by atoms with E-state index < -0.39 is 11.7 Å². The van der Waals surface area contributed by atoms with Gasteiger partial charge in [0.25, 0.3) is 0 Å². The van der Waals surface area contributed by atoms with Gasteiger partial charge in [-0.2, -0.15) is 13.2 Å². The first kappa shape index (κ1) is 19.9. The van der Waals surface area contributed by atoms with Gasteiger partial charge in [-0.3, -0.25) is 0 Å². The van der Waals surface area contributed by atoms with E-state index in [0.29, 0.717) is 0 Å². The van der Waals surface area contributed by atoms with E-state index in [1.54, 1.807) is 6.07 Å². The Hall–Kier alpha value is -2.86. The van der Waals surface area contributed by atoms with Crippen LogP contribution in [-0.2, 0) is 6.18 Å². The number of hydrogen-bond acceptors (Lipinski definition) is 1. The number of benzene rings is 3. The van der Waals surface area contributed by atoms with Gasteiger partial charge in [0.15, 0.2) is 5.11 Å². The molecule has 0 spiro atoms. The fraction of sp³-hybridized carbons (Fsp3) is 0.136. The summed E-state index contributed by atoms with van der Waals surface area (Å²) < 4.78 is 38.8. The molecular formula is C22H19F3N2S. The van der Waals surface area contributed by atoms with Crippen molar-refractivity contribution in [3.05, 3.63) is 101 Å². The van der Waals surface area contributed by atoms with Crippen molar-refractivity contribution in [3.8, 4) is 0 Å². The van der Waals surface area contributed by atoms with Crippen LogP contribution in [0.4, 0.5) is 18.9 Å². The summed E-state index contributed by atoms with van der Waals surface area (Å²) in [6.45, 7) is 2.00. The first-order valence-corrected chi connectivity index (χ1v) is 9.10. The van der Waals surface area contributed by atoms with Crippen LogP contribution in [-0.4, -0.2) is 5.11 Å². The lowest BCUT2D eigenvalue weighted by atomic mass is 9.97. The van der Waals surface area contributed by atoms with Crippen molar-refractivity contribution in [2.45, 2.75) is 19.1 Å². The Balaban J connectivity index is 1.82. The number of nitrogens with one attached hydrogen (secondary N) is 2. The molecule has 0 radical (unpaired) electrons. The van der Waals surface area contributed by atoms with Gasteiger partial charge in [-0.1, -0.05) is 66.2 Å². The average Bonchev–Trinajstić information content (AvgIpc) is 2.66. The summed E-state index contributed by atoms with van der Waals surface area (Å²) in [6.07, 6.45) is -4.40. The van der Waals surface area contributed by atoms with E-state index in [2.05, 4.69) is 16.7 Å². The quantitative estimate of drug-likeness (QED) is 0.518. The summed E-state index contributed by atoms with van der Waals surface area (Å²) >= 11 is 5.38. The number of aryl methyl sites for hydroxylation is 1. The lowest BCUT2D eigenvalue weighted by molar-refractivity contribution is -0.137. The standard InChI is InChI=1S/C22H19F3N2S/c1-15-7-5-10-17(13-15)20(16-8-3-2-4-9-16)27-21(28)26-19-12-6-11-18(14-19)22(23,24)25/h2-14,20H,1H3,(H2,26,27,28). The number of rotatable bonds is 4.